The van der Waals surface area contributed by atoms with Gasteiger partial charge in [-0.1, -0.05) is 27.7 Å². The lowest BCUT2D eigenvalue weighted by Crippen LogP contribution is -2.65. The molecular formula is C19H39NO. The third-order valence-corrected chi connectivity index (χ3v) is 6.40. The normalized spacial score (nSPS) is 31.4. The average Bonchev–Trinajstić information content (AvgIpc) is 2.23. The molecule has 2 nitrogen and oxygen atoms in total. The molecule has 1 aliphatic rings. The van der Waals surface area contributed by atoms with Crippen LogP contribution in [0, 0.1) is 11.3 Å². The van der Waals surface area contributed by atoms with E-state index in [0.29, 0.717) is 18.0 Å². The highest BCUT2D eigenvalue weighted by molar-refractivity contribution is 5.12. The first-order valence-electron chi connectivity index (χ1n) is 8.58. The lowest BCUT2D eigenvalue weighted by Gasteiger charge is -2.56. The molecule has 1 fully saturated rings. The van der Waals surface area contributed by atoms with Crippen molar-refractivity contribution in [2.45, 2.75) is 112 Å². The monoisotopic (exact) mass is 297 g/mol. The highest BCUT2D eigenvalue weighted by Crippen LogP contribution is 2.53. The summed E-state index contributed by atoms with van der Waals surface area (Å²) in [4.78, 5) is 2.71. The van der Waals surface area contributed by atoms with Gasteiger partial charge < -0.3 is 4.74 Å². The summed E-state index contributed by atoms with van der Waals surface area (Å²) in [5.74, 6) is 0.548. The fourth-order valence-electron chi connectivity index (χ4n) is 4.68. The van der Waals surface area contributed by atoms with E-state index in [-0.39, 0.29) is 22.2 Å². The predicted molar refractivity (Wildman–Crippen MR) is 92.7 cm³/mol. The van der Waals surface area contributed by atoms with Crippen molar-refractivity contribution >= 4 is 0 Å². The maximum atomic E-state index is 6.75. The topological polar surface area (TPSA) is 12.5 Å². The van der Waals surface area contributed by atoms with Gasteiger partial charge >= 0.3 is 0 Å². The fraction of sp³-hybridized carbons (Fsp3) is 1.00. The van der Waals surface area contributed by atoms with Gasteiger partial charge in [-0.05, 0) is 61.3 Å². The van der Waals surface area contributed by atoms with Crippen molar-refractivity contribution in [2.24, 2.45) is 11.3 Å². The van der Waals surface area contributed by atoms with E-state index in [2.05, 4.69) is 88.0 Å². The molecule has 0 radical (unpaired) electrons. The summed E-state index contributed by atoms with van der Waals surface area (Å²) in [6.07, 6.45) is 0. The van der Waals surface area contributed by atoms with Gasteiger partial charge in [0.25, 0.3) is 0 Å². The molecule has 0 saturated carbocycles. The molecule has 0 amide bonds. The second kappa shape index (κ2) is 5.23. The van der Waals surface area contributed by atoms with Gasteiger partial charge in [0, 0.05) is 23.0 Å². The van der Waals surface area contributed by atoms with Crippen LogP contribution in [0.25, 0.3) is 0 Å². The Morgan fingerprint density at radius 2 is 1.24 bits per heavy atom. The summed E-state index contributed by atoms with van der Waals surface area (Å²) in [7, 11) is 0. The van der Waals surface area contributed by atoms with Crippen LogP contribution in [-0.2, 0) is 4.74 Å². The van der Waals surface area contributed by atoms with Crippen molar-refractivity contribution in [3.8, 4) is 0 Å². The van der Waals surface area contributed by atoms with Crippen LogP contribution in [0.2, 0.25) is 0 Å². The van der Waals surface area contributed by atoms with Gasteiger partial charge in [0.1, 0.15) is 0 Å². The molecule has 2 heteroatoms. The molecule has 1 unspecified atom stereocenters. The van der Waals surface area contributed by atoms with Gasteiger partial charge in [-0.25, -0.2) is 0 Å². The van der Waals surface area contributed by atoms with E-state index >= 15 is 0 Å². The third kappa shape index (κ3) is 2.79. The Bertz CT molecular complexity index is 377. The van der Waals surface area contributed by atoms with Crippen molar-refractivity contribution in [1.82, 2.24) is 4.90 Å². The molecule has 0 aliphatic carbocycles. The summed E-state index contributed by atoms with van der Waals surface area (Å²) in [6, 6.07) is 0.886. The first kappa shape index (κ1) is 19.0. The van der Waals surface area contributed by atoms with E-state index in [0.717, 1.165) is 0 Å². The maximum Gasteiger partial charge on any atom is 0.0791 e. The lowest BCUT2D eigenvalue weighted by atomic mass is 9.63. The predicted octanol–water partition coefficient (Wildman–Crippen LogP) is 5.11. The Labute approximate surface area is 133 Å². The second-order valence-corrected chi connectivity index (χ2v) is 9.59. The van der Waals surface area contributed by atoms with Crippen LogP contribution < -0.4 is 0 Å². The summed E-state index contributed by atoms with van der Waals surface area (Å²) in [5, 5.41) is 0. The lowest BCUT2D eigenvalue weighted by molar-refractivity contribution is -0.177. The molecule has 0 spiro atoms. The van der Waals surface area contributed by atoms with Crippen LogP contribution in [0.15, 0.2) is 0 Å². The summed E-state index contributed by atoms with van der Waals surface area (Å²) in [6.45, 7) is 27.9. The summed E-state index contributed by atoms with van der Waals surface area (Å²) in [5.41, 5.74) is -0.275. The largest absolute Gasteiger partial charge is 0.367 e. The molecule has 1 atom stereocenters. The molecule has 0 bridgehead atoms. The van der Waals surface area contributed by atoms with Gasteiger partial charge in [-0.2, -0.15) is 0 Å². The van der Waals surface area contributed by atoms with Crippen LogP contribution in [-0.4, -0.2) is 33.7 Å². The zero-order chi connectivity index (χ0) is 17.0. The van der Waals surface area contributed by atoms with Gasteiger partial charge in [0.15, 0.2) is 0 Å². The zero-order valence-electron chi connectivity index (χ0n) is 16.6. The van der Waals surface area contributed by atoms with E-state index in [1.807, 2.05) is 0 Å². The van der Waals surface area contributed by atoms with Gasteiger partial charge in [-0.3, -0.25) is 4.90 Å². The molecule has 1 rings (SSSR count). The Morgan fingerprint density at radius 1 is 0.810 bits per heavy atom. The van der Waals surface area contributed by atoms with Crippen molar-refractivity contribution in [1.29, 1.82) is 0 Å². The Balaban J connectivity index is 3.63. The molecule has 1 heterocycles. The number of hydrogen-bond acceptors (Lipinski definition) is 2. The second-order valence-electron chi connectivity index (χ2n) is 9.59. The molecule has 0 N–H and O–H groups in total. The molecule has 0 aromatic rings. The summed E-state index contributed by atoms with van der Waals surface area (Å²) >= 11 is 0. The maximum absolute atomic E-state index is 6.75. The van der Waals surface area contributed by atoms with E-state index in [4.69, 9.17) is 4.74 Å². The number of hydrogen-bond donors (Lipinski definition) is 0. The SMILES string of the molecule is CC(C)C1N(C(C)C)C(C)(C)C(C)(C)C(C)(C)OC1(C)C. The quantitative estimate of drug-likeness (QED) is 0.702. The van der Waals surface area contributed by atoms with Crippen molar-refractivity contribution in [3.63, 3.8) is 0 Å². The van der Waals surface area contributed by atoms with Crippen LogP contribution in [0.1, 0.15) is 83.1 Å². The number of nitrogens with zero attached hydrogens (tertiary/aromatic N) is 1. The first-order chi connectivity index (χ1) is 9.09. The number of ether oxygens (including phenoxy) is 1. The average molecular weight is 298 g/mol. The Kier molecular flexibility index (Phi) is 4.73. The molecule has 0 aromatic heterocycles. The molecule has 1 aliphatic heterocycles. The highest BCUT2D eigenvalue weighted by Gasteiger charge is 2.60. The van der Waals surface area contributed by atoms with Gasteiger partial charge in [0.2, 0.25) is 0 Å². The highest BCUT2D eigenvalue weighted by atomic mass is 16.5. The van der Waals surface area contributed by atoms with Crippen LogP contribution >= 0.6 is 0 Å². The minimum absolute atomic E-state index is 0.0329. The third-order valence-electron chi connectivity index (χ3n) is 6.40. The zero-order valence-corrected chi connectivity index (χ0v) is 16.6. The van der Waals surface area contributed by atoms with E-state index in [9.17, 15) is 0 Å². The van der Waals surface area contributed by atoms with Crippen molar-refractivity contribution in [3.05, 3.63) is 0 Å². The summed E-state index contributed by atoms with van der Waals surface area (Å²) < 4.78 is 6.75. The minimum atomic E-state index is -0.184. The molecular weight excluding hydrogens is 258 g/mol. The standard InChI is InChI=1S/C19H39NO/c1-13(2)15-16(5,6)21-19(11,12)17(7,8)18(9,10)20(15)14(3)4/h13-15H,1-12H3. The first-order valence-corrected chi connectivity index (χ1v) is 8.58. The van der Waals surface area contributed by atoms with Crippen LogP contribution in [0.5, 0.6) is 0 Å². The smallest absolute Gasteiger partial charge is 0.0791 e. The molecule has 1 saturated heterocycles. The molecule has 21 heavy (non-hydrogen) atoms. The van der Waals surface area contributed by atoms with E-state index in [1.165, 1.54) is 0 Å². The van der Waals surface area contributed by atoms with Crippen LogP contribution in [0.4, 0.5) is 0 Å². The van der Waals surface area contributed by atoms with E-state index in [1.54, 1.807) is 0 Å². The Hall–Kier alpha value is -0.0800. The van der Waals surface area contributed by atoms with Crippen LogP contribution in [0.3, 0.4) is 0 Å². The number of rotatable bonds is 2. The molecule has 126 valence electrons. The molecule has 0 aromatic carbocycles. The Morgan fingerprint density at radius 3 is 1.57 bits per heavy atom. The van der Waals surface area contributed by atoms with Crippen molar-refractivity contribution < 1.29 is 4.74 Å². The van der Waals surface area contributed by atoms with Crippen molar-refractivity contribution in [2.75, 3.05) is 0 Å². The van der Waals surface area contributed by atoms with Gasteiger partial charge in [-0.15, -0.1) is 0 Å². The van der Waals surface area contributed by atoms with E-state index < -0.39 is 0 Å². The minimum Gasteiger partial charge on any atom is -0.367 e. The van der Waals surface area contributed by atoms with Gasteiger partial charge in [0.05, 0.1) is 11.2 Å². The fourth-order valence-corrected chi connectivity index (χ4v) is 4.68.